The van der Waals surface area contributed by atoms with Crippen LogP contribution in [0.15, 0.2) is 35.3 Å². The van der Waals surface area contributed by atoms with Gasteiger partial charge < -0.3 is 10.6 Å². The van der Waals surface area contributed by atoms with Crippen LogP contribution in [-0.4, -0.2) is 25.0 Å². The molecule has 0 bridgehead atoms. The Bertz CT molecular complexity index is 279. The lowest BCUT2D eigenvalue weighted by Crippen LogP contribution is -2.33. The average Bonchev–Trinajstić information content (AvgIpc) is 2.18. The highest BCUT2D eigenvalue weighted by molar-refractivity contribution is 5.77. The van der Waals surface area contributed by atoms with Gasteiger partial charge >= 0.3 is 0 Å². The number of aliphatic imine (C=N–C) groups is 1. The maximum Gasteiger partial charge on any atom is 0.191 e. The van der Waals surface area contributed by atoms with Crippen molar-refractivity contribution in [1.82, 2.24) is 4.90 Å². The monoisotopic (exact) mass is 177 g/mol. The van der Waals surface area contributed by atoms with Gasteiger partial charge in [0.15, 0.2) is 5.96 Å². The maximum atomic E-state index is 5.64. The van der Waals surface area contributed by atoms with Gasteiger partial charge in [-0.15, -0.1) is 0 Å². The summed E-state index contributed by atoms with van der Waals surface area (Å²) in [6.45, 7) is 0.796. The van der Waals surface area contributed by atoms with E-state index in [1.54, 1.807) is 7.05 Å². The molecule has 0 saturated heterocycles. The molecule has 0 aliphatic rings. The van der Waals surface area contributed by atoms with Crippen molar-refractivity contribution in [2.24, 2.45) is 10.7 Å². The van der Waals surface area contributed by atoms with Crippen molar-refractivity contribution < 1.29 is 0 Å². The molecule has 0 heterocycles. The summed E-state index contributed by atoms with van der Waals surface area (Å²) in [6.07, 6.45) is 0. The van der Waals surface area contributed by atoms with E-state index in [2.05, 4.69) is 17.1 Å². The summed E-state index contributed by atoms with van der Waals surface area (Å²) >= 11 is 0. The van der Waals surface area contributed by atoms with E-state index < -0.39 is 0 Å². The summed E-state index contributed by atoms with van der Waals surface area (Å²) in [5, 5.41) is 0. The minimum atomic E-state index is 0.559. The topological polar surface area (TPSA) is 41.6 Å². The number of rotatable bonds is 2. The lowest BCUT2D eigenvalue weighted by atomic mass is 10.2. The van der Waals surface area contributed by atoms with Crippen LogP contribution in [0.4, 0.5) is 0 Å². The van der Waals surface area contributed by atoms with Crippen LogP contribution in [0.5, 0.6) is 0 Å². The van der Waals surface area contributed by atoms with Gasteiger partial charge in [-0.1, -0.05) is 30.3 Å². The quantitative estimate of drug-likeness (QED) is 0.542. The second kappa shape index (κ2) is 4.50. The molecule has 70 valence electrons. The zero-order valence-electron chi connectivity index (χ0n) is 8.07. The molecule has 3 heteroatoms. The number of benzene rings is 1. The van der Waals surface area contributed by atoms with E-state index >= 15 is 0 Å². The van der Waals surface area contributed by atoms with E-state index in [1.807, 2.05) is 30.1 Å². The minimum absolute atomic E-state index is 0.559. The van der Waals surface area contributed by atoms with E-state index in [4.69, 9.17) is 5.73 Å². The molecule has 0 atom stereocenters. The molecule has 1 rings (SSSR count). The van der Waals surface area contributed by atoms with E-state index in [1.165, 1.54) is 5.56 Å². The molecule has 0 aromatic heterocycles. The Labute approximate surface area is 78.9 Å². The Hall–Kier alpha value is -1.51. The lowest BCUT2D eigenvalue weighted by molar-refractivity contribution is 0.494. The number of hydrogen-bond donors (Lipinski definition) is 1. The van der Waals surface area contributed by atoms with Gasteiger partial charge in [0.25, 0.3) is 0 Å². The molecule has 0 radical (unpaired) electrons. The van der Waals surface area contributed by atoms with Gasteiger partial charge in [-0.2, -0.15) is 0 Å². The lowest BCUT2D eigenvalue weighted by Gasteiger charge is -2.17. The second-order valence-electron chi connectivity index (χ2n) is 2.92. The van der Waals surface area contributed by atoms with Gasteiger partial charge in [0.2, 0.25) is 0 Å². The third-order valence-corrected chi connectivity index (χ3v) is 1.88. The fourth-order valence-corrected chi connectivity index (χ4v) is 1.11. The van der Waals surface area contributed by atoms with Crippen LogP contribution < -0.4 is 5.73 Å². The molecule has 0 spiro atoms. The highest BCUT2D eigenvalue weighted by Gasteiger charge is 2.00. The molecule has 0 aliphatic carbocycles. The summed E-state index contributed by atoms with van der Waals surface area (Å²) in [6, 6.07) is 10.2. The largest absolute Gasteiger partial charge is 0.370 e. The zero-order valence-corrected chi connectivity index (χ0v) is 8.07. The van der Waals surface area contributed by atoms with Crippen LogP contribution in [0, 0.1) is 0 Å². The summed E-state index contributed by atoms with van der Waals surface area (Å²) in [7, 11) is 3.62. The molecule has 0 saturated carbocycles. The van der Waals surface area contributed by atoms with Crippen molar-refractivity contribution in [2.45, 2.75) is 6.54 Å². The van der Waals surface area contributed by atoms with Crippen LogP contribution in [0.3, 0.4) is 0 Å². The van der Waals surface area contributed by atoms with Crippen molar-refractivity contribution in [3.63, 3.8) is 0 Å². The van der Waals surface area contributed by atoms with E-state index in [0.29, 0.717) is 5.96 Å². The van der Waals surface area contributed by atoms with Gasteiger partial charge in [0.05, 0.1) is 0 Å². The molecule has 0 aliphatic heterocycles. The number of nitrogens with two attached hydrogens (primary N) is 1. The molecule has 13 heavy (non-hydrogen) atoms. The Morgan fingerprint density at radius 2 is 2.00 bits per heavy atom. The van der Waals surface area contributed by atoms with Crippen LogP contribution >= 0.6 is 0 Å². The first-order valence-corrected chi connectivity index (χ1v) is 4.21. The Morgan fingerprint density at radius 1 is 1.38 bits per heavy atom. The summed E-state index contributed by atoms with van der Waals surface area (Å²) < 4.78 is 0. The van der Waals surface area contributed by atoms with Gasteiger partial charge in [0, 0.05) is 20.6 Å². The predicted octanol–water partition coefficient (Wildman–Crippen LogP) is 1.06. The number of hydrogen-bond acceptors (Lipinski definition) is 1. The van der Waals surface area contributed by atoms with Gasteiger partial charge in [0.1, 0.15) is 0 Å². The molecule has 0 amide bonds. The van der Waals surface area contributed by atoms with Crippen LogP contribution in [0.1, 0.15) is 5.56 Å². The van der Waals surface area contributed by atoms with Crippen molar-refractivity contribution >= 4 is 5.96 Å². The first-order valence-electron chi connectivity index (χ1n) is 4.21. The maximum absolute atomic E-state index is 5.64. The molecule has 1 aromatic carbocycles. The highest BCUT2D eigenvalue weighted by atomic mass is 15.2. The molecule has 0 unspecified atom stereocenters. The third-order valence-electron chi connectivity index (χ3n) is 1.88. The fraction of sp³-hybridized carbons (Fsp3) is 0.300. The summed E-state index contributed by atoms with van der Waals surface area (Å²) in [4.78, 5) is 5.82. The standard InChI is InChI=1S/C10H15N3/c1-12-10(11)13(2)8-9-6-4-3-5-7-9/h3-7H,8H2,1-2H3,(H2,11,12). The van der Waals surface area contributed by atoms with Crippen LogP contribution in [0.2, 0.25) is 0 Å². The second-order valence-corrected chi connectivity index (χ2v) is 2.92. The highest BCUT2D eigenvalue weighted by Crippen LogP contribution is 2.01. The molecule has 0 fully saturated rings. The van der Waals surface area contributed by atoms with E-state index in [-0.39, 0.29) is 0 Å². The van der Waals surface area contributed by atoms with E-state index in [9.17, 15) is 0 Å². The number of nitrogens with zero attached hydrogens (tertiary/aromatic N) is 2. The molecule has 3 nitrogen and oxygen atoms in total. The minimum Gasteiger partial charge on any atom is -0.370 e. The summed E-state index contributed by atoms with van der Waals surface area (Å²) in [5.74, 6) is 0.559. The number of guanidine groups is 1. The third kappa shape index (κ3) is 2.78. The molecule has 2 N–H and O–H groups in total. The van der Waals surface area contributed by atoms with Crippen LogP contribution in [-0.2, 0) is 6.54 Å². The first kappa shape index (κ1) is 9.58. The van der Waals surface area contributed by atoms with Gasteiger partial charge in [-0.25, -0.2) is 0 Å². The SMILES string of the molecule is CN=C(N)N(C)Cc1ccccc1. The zero-order chi connectivity index (χ0) is 9.68. The average molecular weight is 177 g/mol. The molecule has 1 aromatic rings. The predicted molar refractivity (Wildman–Crippen MR) is 55.5 cm³/mol. The summed E-state index contributed by atoms with van der Waals surface area (Å²) in [5.41, 5.74) is 6.87. The van der Waals surface area contributed by atoms with Crippen molar-refractivity contribution in [2.75, 3.05) is 14.1 Å². The fourth-order valence-electron chi connectivity index (χ4n) is 1.11. The molecular weight excluding hydrogens is 162 g/mol. The Kier molecular flexibility index (Phi) is 3.31. The van der Waals surface area contributed by atoms with Gasteiger partial charge in [-0.3, -0.25) is 4.99 Å². The van der Waals surface area contributed by atoms with Crippen molar-refractivity contribution in [1.29, 1.82) is 0 Å². The van der Waals surface area contributed by atoms with Crippen LogP contribution in [0.25, 0.3) is 0 Å². The van der Waals surface area contributed by atoms with Crippen molar-refractivity contribution in [3.8, 4) is 0 Å². The normalized spacial score (nSPS) is 11.4. The first-order chi connectivity index (χ1) is 6.24. The van der Waals surface area contributed by atoms with Gasteiger partial charge in [-0.05, 0) is 5.56 Å². The smallest absolute Gasteiger partial charge is 0.191 e. The van der Waals surface area contributed by atoms with Crippen molar-refractivity contribution in [3.05, 3.63) is 35.9 Å². The van der Waals surface area contributed by atoms with E-state index in [0.717, 1.165) is 6.54 Å². The Morgan fingerprint density at radius 3 is 2.54 bits per heavy atom. The Balaban J connectivity index is 2.60. The molecular formula is C10H15N3.